The first-order valence-electron chi connectivity index (χ1n) is 4.07. The van der Waals surface area contributed by atoms with Crippen molar-refractivity contribution in [2.24, 2.45) is 0 Å². The SMILES string of the molecule is Cc1ccn(N(C)C)c1N(C)C. The Morgan fingerprint density at radius 1 is 1.17 bits per heavy atom. The zero-order valence-corrected chi connectivity index (χ0v) is 8.50. The number of nitrogens with zero attached hydrogens (tertiary/aromatic N) is 3. The minimum atomic E-state index is 1.24. The van der Waals surface area contributed by atoms with E-state index in [9.17, 15) is 0 Å². The number of hydrogen-bond donors (Lipinski definition) is 0. The maximum atomic E-state index is 2.12. The zero-order valence-electron chi connectivity index (χ0n) is 8.50. The summed E-state index contributed by atoms with van der Waals surface area (Å²) < 4.78 is 2.12. The highest BCUT2D eigenvalue weighted by atomic mass is 15.5. The molecule has 0 amide bonds. The first-order chi connectivity index (χ1) is 5.54. The van der Waals surface area contributed by atoms with Gasteiger partial charge in [-0.2, -0.15) is 0 Å². The van der Waals surface area contributed by atoms with Crippen molar-refractivity contribution in [2.45, 2.75) is 6.92 Å². The maximum absolute atomic E-state index is 2.12. The number of aryl methyl sites for hydroxylation is 1. The van der Waals surface area contributed by atoms with Gasteiger partial charge < -0.3 is 9.91 Å². The Hall–Kier alpha value is -1.12. The molecule has 0 saturated heterocycles. The van der Waals surface area contributed by atoms with Crippen LogP contribution in [0.15, 0.2) is 12.3 Å². The van der Waals surface area contributed by atoms with Gasteiger partial charge in [-0.05, 0) is 18.6 Å². The maximum Gasteiger partial charge on any atom is 0.130 e. The predicted molar refractivity (Wildman–Crippen MR) is 53.6 cm³/mol. The molecule has 12 heavy (non-hydrogen) atoms. The molecule has 0 spiro atoms. The van der Waals surface area contributed by atoms with Crippen molar-refractivity contribution < 1.29 is 0 Å². The van der Waals surface area contributed by atoms with Gasteiger partial charge in [-0.15, -0.1) is 0 Å². The molecule has 0 bridgehead atoms. The quantitative estimate of drug-likeness (QED) is 0.652. The Morgan fingerprint density at radius 3 is 2.08 bits per heavy atom. The van der Waals surface area contributed by atoms with Crippen LogP contribution in [0, 0.1) is 6.92 Å². The lowest BCUT2D eigenvalue weighted by Gasteiger charge is -2.23. The third kappa shape index (κ3) is 1.40. The highest BCUT2D eigenvalue weighted by Crippen LogP contribution is 2.18. The van der Waals surface area contributed by atoms with Crippen molar-refractivity contribution in [3.05, 3.63) is 17.8 Å². The summed E-state index contributed by atoms with van der Waals surface area (Å²) in [4.78, 5) is 2.12. The number of rotatable bonds is 2. The lowest BCUT2D eigenvalue weighted by molar-refractivity contribution is 0.726. The monoisotopic (exact) mass is 167 g/mol. The molecule has 0 aromatic carbocycles. The molecule has 0 aliphatic carbocycles. The van der Waals surface area contributed by atoms with Crippen LogP contribution >= 0.6 is 0 Å². The summed E-state index contributed by atoms with van der Waals surface area (Å²) in [5.74, 6) is 1.24. The van der Waals surface area contributed by atoms with Crippen molar-refractivity contribution in [3.8, 4) is 0 Å². The number of hydrogen-bond acceptors (Lipinski definition) is 2. The molecule has 0 radical (unpaired) electrons. The van der Waals surface area contributed by atoms with E-state index >= 15 is 0 Å². The molecule has 3 heteroatoms. The van der Waals surface area contributed by atoms with E-state index in [1.165, 1.54) is 11.4 Å². The Balaban J connectivity index is 3.12. The molecule has 3 nitrogen and oxygen atoms in total. The molecule has 0 aliphatic heterocycles. The van der Waals surface area contributed by atoms with E-state index in [-0.39, 0.29) is 0 Å². The van der Waals surface area contributed by atoms with Crippen molar-refractivity contribution in [1.29, 1.82) is 0 Å². The minimum absolute atomic E-state index is 1.24. The first kappa shape index (κ1) is 8.97. The molecule has 0 saturated carbocycles. The van der Waals surface area contributed by atoms with Gasteiger partial charge in [-0.3, -0.25) is 0 Å². The standard InChI is InChI=1S/C9H17N3/c1-8-6-7-12(11(4)5)9(8)10(2)3/h6-7H,1-5H3. The third-order valence-corrected chi connectivity index (χ3v) is 1.89. The van der Waals surface area contributed by atoms with Crippen molar-refractivity contribution in [2.75, 3.05) is 38.1 Å². The first-order valence-corrected chi connectivity index (χ1v) is 4.07. The second-order valence-electron chi connectivity index (χ2n) is 3.41. The van der Waals surface area contributed by atoms with Crippen LogP contribution in [0.4, 0.5) is 5.82 Å². The Labute approximate surface area is 74.2 Å². The van der Waals surface area contributed by atoms with E-state index < -0.39 is 0 Å². The zero-order chi connectivity index (χ0) is 9.30. The molecular formula is C9H17N3. The van der Waals surface area contributed by atoms with Gasteiger partial charge in [0.2, 0.25) is 0 Å². The molecule has 1 aromatic rings. The van der Waals surface area contributed by atoms with Crippen LogP contribution in [-0.4, -0.2) is 32.9 Å². The summed E-state index contributed by atoms with van der Waals surface area (Å²) in [6.45, 7) is 2.12. The van der Waals surface area contributed by atoms with Crippen molar-refractivity contribution >= 4 is 5.82 Å². The largest absolute Gasteiger partial charge is 0.363 e. The van der Waals surface area contributed by atoms with E-state index in [2.05, 4.69) is 47.9 Å². The lowest BCUT2D eigenvalue weighted by Crippen LogP contribution is -2.28. The van der Waals surface area contributed by atoms with Crippen molar-refractivity contribution in [1.82, 2.24) is 4.68 Å². The fourth-order valence-corrected chi connectivity index (χ4v) is 1.39. The van der Waals surface area contributed by atoms with Gasteiger partial charge in [-0.1, -0.05) is 0 Å². The third-order valence-electron chi connectivity index (χ3n) is 1.89. The Bertz CT molecular complexity index is 261. The highest BCUT2D eigenvalue weighted by molar-refractivity contribution is 5.47. The average Bonchev–Trinajstić information content (AvgIpc) is 2.30. The van der Waals surface area contributed by atoms with Crippen molar-refractivity contribution in [3.63, 3.8) is 0 Å². The fourth-order valence-electron chi connectivity index (χ4n) is 1.39. The van der Waals surface area contributed by atoms with Crippen LogP contribution < -0.4 is 9.91 Å². The van der Waals surface area contributed by atoms with Crippen LogP contribution in [0.3, 0.4) is 0 Å². The average molecular weight is 167 g/mol. The molecule has 0 aliphatic rings. The van der Waals surface area contributed by atoms with Crippen LogP contribution in [0.1, 0.15) is 5.56 Å². The summed E-state index contributed by atoms with van der Waals surface area (Å²) in [5.41, 5.74) is 1.30. The molecule has 1 rings (SSSR count). The Morgan fingerprint density at radius 2 is 1.75 bits per heavy atom. The molecule has 68 valence electrons. The summed E-state index contributed by atoms with van der Waals surface area (Å²) >= 11 is 0. The van der Waals surface area contributed by atoms with E-state index in [1.807, 2.05) is 14.1 Å². The van der Waals surface area contributed by atoms with Crippen LogP contribution in [-0.2, 0) is 0 Å². The molecule has 1 heterocycles. The molecule has 0 N–H and O–H groups in total. The summed E-state index contributed by atoms with van der Waals surface area (Å²) in [6.07, 6.45) is 2.07. The fraction of sp³-hybridized carbons (Fsp3) is 0.556. The second kappa shape index (κ2) is 3.09. The van der Waals surface area contributed by atoms with E-state index in [1.54, 1.807) is 0 Å². The number of anilines is 1. The summed E-state index contributed by atoms with van der Waals surface area (Å²) in [7, 11) is 8.18. The molecule has 0 fully saturated rings. The van der Waals surface area contributed by atoms with Gasteiger partial charge in [0.05, 0.1) is 0 Å². The summed E-state index contributed by atoms with van der Waals surface area (Å²) in [5, 5.41) is 2.06. The summed E-state index contributed by atoms with van der Waals surface area (Å²) in [6, 6.07) is 2.12. The predicted octanol–water partition coefficient (Wildman–Crippen LogP) is 1.06. The normalized spacial score (nSPS) is 10.1. The number of aromatic nitrogens is 1. The smallest absolute Gasteiger partial charge is 0.130 e. The minimum Gasteiger partial charge on any atom is -0.363 e. The molecular weight excluding hydrogens is 150 g/mol. The lowest BCUT2D eigenvalue weighted by atomic mass is 10.3. The van der Waals surface area contributed by atoms with Gasteiger partial charge in [0.15, 0.2) is 0 Å². The highest BCUT2D eigenvalue weighted by Gasteiger charge is 2.07. The van der Waals surface area contributed by atoms with E-state index in [0.717, 1.165) is 0 Å². The van der Waals surface area contributed by atoms with Gasteiger partial charge in [0, 0.05) is 34.4 Å². The van der Waals surface area contributed by atoms with Gasteiger partial charge in [0.1, 0.15) is 5.82 Å². The molecule has 1 aromatic heterocycles. The van der Waals surface area contributed by atoms with Gasteiger partial charge in [0.25, 0.3) is 0 Å². The van der Waals surface area contributed by atoms with Crippen LogP contribution in [0.25, 0.3) is 0 Å². The second-order valence-corrected chi connectivity index (χ2v) is 3.41. The molecule has 0 atom stereocenters. The molecule has 0 unspecified atom stereocenters. The van der Waals surface area contributed by atoms with Gasteiger partial charge >= 0.3 is 0 Å². The van der Waals surface area contributed by atoms with Crippen LogP contribution in [0.2, 0.25) is 0 Å². The van der Waals surface area contributed by atoms with E-state index in [0.29, 0.717) is 0 Å². The van der Waals surface area contributed by atoms with E-state index in [4.69, 9.17) is 0 Å². The van der Waals surface area contributed by atoms with Gasteiger partial charge in [-0.25, -0.2) is 4.68 Å². The topological polar surface area (TPSA) is 11.4 Å². The Kier molecular flexibility index (Phi) is 2.31. The van der Waals surface area contributed by atoms with Crippen LogP contribution in [0.5, 0.6) is 0 Å².